The monoisotopic (exact) mass is 317 g/mol. The van der Waals surface area contributed by atoms with Crippen LogP contribution in [-0.2, 0) is 6.42 Å². The summed E-state index contributed by atoms with van der Waals surface area (Å²) in [5.74, 6) is -0.635. The van der Waals surface area contributed by atoms with Crippen LogP contribution in [0.5, 0.6) is 0 Å². The summed E-state index contributed by atoms with van der Waals surface area (Å²) >= 11 is 3.10. The van der Waals surface area contributed by atoms with Gasteiger partial charge >= 0.3 is 0 Å². The SMILES string of the molecule is CC(CCNC1CC1)Cc1c(F)ccc(Br)c1F. The van der Waals surface area contributed by atoms with Crippen molar-refractivity contribution in [2.45, 2.75) is 38.6 Å². The molecule has 0 bridgehead atoms. The van der Waals surface area contributed by atoms with Crippen LogP contribution in [0.2, 0.25) is 0 Å². The van der Waals surface area contributed by atoms with E-state index in [9.17, 15) is 8.78 Å². The zero-order chi connectivity index (χ0) is 13.1. The van der Waals surface area contributed by atoms with Gasteiger partial charge in [0.2, 0.25) is 0 Å². The van der Waals surface area contributed by atoms with Crippen molar-refractivity contribution < 1.29 is 8.78 Å². The first-order valence-electron chi connectivity index (χ1n) is 6.43. The van der Waals surface area contributed by atoms with Gasteiger partial charge in [-0.1, -0.05) is 6.92 Å². The highest BCUT2D eigenvalue weighted by molar-refractivity contribution is 9.10. The molecule has 0 heterocycles. The van der Waals surface area contributed by atoms with Gasteiger partial charge in [0.15, 0.2) is 0 Å². The minimum atomic E-state index is -0.461. The molecule has 0 radical (unpaired) electrons. The van der Waals surface area contributed by atoms with Crippen molar-refractivity contribution in [1.29, 1.82) is 0 Å². The molecular weight excluding hydrogens is 300 g/mol. The Labute approximate surface area is 115 Å². The average Bonchev–Trinajstić information content (AvgIpc) is 3.14. The van der Waals surface area contributed by atoms with Gasteiger partial charge in [-0.15, -0.1) is 0 Å². The highest BCUT2D eigenvalue weighted by Crippen LogP contribution is 2.25. The maximum absolute atomic E-state index is 13.8. The molecular formula is C14H18BrF2N. The van der Waals surface area contributed by atoms with E-state index in [4.69, 9.17) is 0 Å². The second-order valence-corrected chi connectivity index (χ2v) is 6.00. The normalized spacial score (nSPS) is 16.9. The first-order chi connectivity index (χ1) is 8.58. The van der Waals surface area contributed by atoms with E-state index >= 15 is 0 Å². The Bertz CT molecular complexity index is 419. The summed E-state index contributed by atoms with van der Waals surface area (Å²) in [6.45, 7) is 2.97. The predicted octanol–water partition coefficient (Wildman–Crippen LogP) is 4.05. The summed E-state index contributed by atoms with van der Waals surface area (Å²) in [5.41, 5.74) is 0.197. The van der Waals surface area contributed by atoms with Crippen LogP contribution < -0.4 is 5.32 Å². The summed E-state index contributed by atoms with van der Waals surface area (Å²) in [4.78, 5) is 0. The minimum absolute atomic E-state index is 0.197. The summed E-state index contributed by atoms with van der Waals surface area (Å²) in [6, 6.07) is 3.42. The fourth-order valence-corrected chi connectivity index (χ4v) is 2.40. The van der Waals surface area contributed by atoms with Gasteiger partial charge in [0.25, 0.3) is 0 Å². The molecule has 1 nitrogen and oxygen atoms in total. The quantitative estimate of drug-likeness (QED) is 0.780. The van der Waals surface area contributed by atoms with Crippen molar-refractivity contribution in [3.05, 3.63) is 33.8 Å². The van der Waals surface area contributed by atoms with Gasteiger partial charge in [-0.2, -0.15) is 0 Å². The molecule has 1 aromatic rings. The van der Waals surface area contributed by atoms with Gasteiger partial charge in [-0.05, 0) is 66.2 Å². The van der Waals surface area contributed by atoms with Crippen molar-refractivity contribution in [2.24, 2.45) is 5.92 Å². The lowest BCUT2D eigenvalue weighted by Gasteiger charge is -2.13. The Hall–Kier alpha value is -0.480. The van der Waals surface area contributed by atoms with Gasteiger partial charge in [-0.25, -0.2) is 8.78 Å². The molecule has 1 N–H and O–H groups in total. The summed E-state index contributed by atoms with van der Waals surface area (Å²) < 4.78 is 27.7. The molecule has 1 saturated carbocycles. The Morgan fingerprint density at radius 1 is 1.39 bits per heavy atom. The number of nitrogens with one attached hydrogen (secondary N) is 1. The number of halogens is 3. The zero-order valence-electron chi connectivity index (χ0n) is 10.5. The minimum Gasteiger partial charge on any atom is -0.314 e. The standard InChI is InChI=1S/C14H18BrF2N/c1-9(6-7-18-10-2-3-10)8-11-13(16)5-4-12(15)14(11)17/h4-5,9-10,18H,2-3,6-8H2,1H3. The second-order valence-electron chi connectivity index (χ2n) is 5.15. The molecule has 2 rings (SSSR count). The van der Waals surface area contributed by atoms with Crippen LogP contribution in [0.3, 0.4) is 0 Å². The van der Waals surface area contributed by atoms with Crippen LogP contribution in [0.25, 0.3) is 0 Å². The fraction of sp³-hybridized carbons (Fsp3) is 0.571. The molecule has 0 amide bonds. The smallest absolute Gasteiger partial charge is 0.143 e. The predicted molar refractivity (Wildman–Crippen MR) is 72.6 cm³/mol. The van der Waals surface area contributed by atoms with Crippen molar-refractivity contribution in [3.8, 4) is 0 Å². The molecule has 0 saturated heterocycles. The molecule has 1 fully saturated rings. The van der Waals surface area contributed by atoms with Crippen molar-refractivity contribution >= 4 is 15.9 Å². The van der Waals surface area contributed by atoms with Crippen molar-refractivity contribution in [3.63, 3.8) is 0 Å². The third-order valence-corrected chi connectivity index (χ3v) is 3.95. The van der Waals surface area contributed by atoms with Gasteiger partial charge in [0.05, 0.1) is 4.47 Å². The molecule has 100 valence electrons. The van der Waals surface area contributed by atoms with Crippen LogP contribution in [0, 0.1) is 17.6 Å². The molecule has 1 aliphatic rings. The Balaban J connectivity index is 1.88. The Kier molecular flexibility index (Phi) is 4.73. The van der Waals surface area contributed by atoms with Crippen molar-refractivity contribution in [2.75, 3.05) is 6.54 Å². The van der Waals surface area contributed by atoms with E-state index in [1.54, 1.807) is 0 Å². The van der Waals surface area contributed by atoms with Crippen LogP contribution in [-0.4, -0.2) is 12.6 Å². The third kappa shape index (κ3) is 3.75. The molecule has 1 atom stereocenters. The number of benzene rings is 1. The van der Waals surface area contributed by atoms with Crippen LogP contribution in [0.4, 0.5) is 8.78 Å². The van der Waals surface area contributed by atoms with Crippen LogP contribution in [0.1, 0.15) is 31.7 Å². The largest absolute Gasteiger partial charge is 0.314 e. The highest BCUT2D eigenvalue weighted by atomic mass is 79.9. The molecule has 0 spiro atoms. The second kappa shape index (κ2) is 6.11. The van der Waals surface area contributed by atoms with Gasteiger partial charge in [-0.3, -0.25) is 0 Å². The summed E-state index contributed by atoms with van der Waals surface area (Å²) in [6.07, 6.45) is 3.93. The average molecular weight is 318 g/mol. The fourth-order valence-electron chi connectivity index (χ4n) is 2.03. The van der Waals surface area contributed by atoms with E-state index in [0.717, 1.165) is 13.0 Å². The Morgan fingerprint density at radius 2 is 2.11 bits per heavy atom. The maximum atomic E-state index is 13.8. The topological polar surface area (TPSA) is 12.0 Å². The number of hydrogen-bond donors (Lipinski definition) is 1. The van der Waals surface area contributed by atoms with E-state index in [2.05, 4.69) is 21.2 Å². The van der Waals surface area contributed by atoms with Crippen molar-refractivity contribution in [1.82, 2.24) is 5.32 Å². The highest BCUT2D eigenvalue weighted by Gasteiger charge is 2.20. The lowest BCUT2D eigenvalue weighted by molar-refractivity contribution is 0.467. The van der Waals surface area contributed by atoms with E-state index in [-0.39, 0.29) is 11.5 Å². The lowest BCUT2D eigenvalue weighted by Crippen LogP contribution is -2.20. The van der Waals surface area contributed by atoms with Gasteiger partial charge in [0, 0.05) is 11.6 Å². The van der Waals surface area contributed by atoms with Gasteiger partial charge < -0.3 is 5.32 Å². The third-order valence-electron chi connectivity index (χ3n) is 3.34. The Morgan fingerprint density at radius 3 is 2.78 bits per heavy atom. The first kappa shape index (κ1) is 13.9. The number of hydrogen-bond acceptors (Lipinski definition) is 1. The van der Waals surface area contributed by atoms with Crippen LogP contribution >= 0.6 is 15.9 Å². The van der Waals surface area contributed by atoms with Gasteiger partial charge in [0.1, 0.15) is 11.6 Å². The van der Waals surface area contributed by atoms with E-state index < -0.39 is 11.6 Å². The number of rotatable bonds is 6. The van der Waals surface area contributed by atoms with Crippen LogP contribution in [0.15, 0.2) is 16.6 Å². The lowest BCUT2D eigenvalue weighted by atomic mass is 9.97. The maximum Gasteiger partial charge on any atom is 0.143 e. The first-order valence-corrected chi connectivity index (χ1v) is 7.23. The summed E-state index contributed by atoms with van der Waals surface area (Å²) in [5, 5.41) is 3.42. The zero-order valence-corrected chi connectivity index (χ0v) is 12.1. The molecule has 1 aliphatic carbocycles. The van der Waals surface area contributed by atoms with E-state index in [1.807, 2.05) is 6.92 Å². The van der Waals surface area contributed by atoms with E-state index in [0.29, 0.717) is 16.9 Å². The molecule has 0 aliphatic heterocycles. The molecule has 4 heteroatoms. The molecule has 1 unspecified atom stereocenters. The van der Waals surface area contributed by atoms with E-state index in [1.165, 1.54) is 25.0 Å². The molecule has 0 aromatic heterocycles. The summed E-state index contributed by atoms with van der Waals surface area (Å²) in [7, 11) is 0. The molecule has 1 aromatic carbocycles. The molecule has 18 heavy (non-hydrogen) atoms.